The maximum Gasteiger partial charge on any atom is 0.260 e. The van der Waals surface area contributed by atoms with Gasteiger partial charge in [-0.1, -0.05) is 47.5 Å². The van der Waals surface area contributed by atoms with E-state index in [9.17, 15) is 9.59 Å². The van der Waals surface area contributed by atoms with Crippen molar-refractivity contribution in [2.75, 3.05) is 19.7 Å². The van der Waals surface area contributed by atoms with Crippen molar-refractivity contribution in [2.45, 2.75) is 52.5 Å². The molecular formula is C25H32N2O3. The van der Waals surface area contributed by atoms with Crippen molar-refractivity contribution >= 4 is 11.8 Å². The number of likely N-dealkylation sites (tertiary alicyclic amines) is 1. The van der Waals surface area contributed by atoms with Crippen LogP contribution < -0.4 is 10.1 Å². The standard InChI is InChI=1S/C25H32N2O3/c1-18-4-7-21(8-5-18)9-11-24(28)26-22-12-14-27(15-13-22)25(29)17-30-23-10-6-19(2)16-20(23)3/h4-8,10,16,22H,9,11-15,17H2,1-3H3,(H,26,28). The van der Waals surface area contributed by atoms with E-state index in [4.69, 9.17) is 4.74 Å². The van der Waals surface area contributed by atoms with Crippen LogP contribution in [0.3, 0.4) is 0 Å². The summed E-state index contributed by atoms with van der Waals surface area (Å²) in [5, 5.41) is 3.12. The SMILES string of the molecule is Cc1ccc(CCC(=O)NC2CCN(C(=O)COc3ccc(C)cc3C)CC2)cc1. The van der Waals surface area contributed by atoms with Crippen molar-refractivity contribution in [3.05, 3.63) is 64.7 Å². The van der Waals surface area contributed by atoms with E-state index < -0.39 is 0 Å². The number of benzene rings is 2. The van der Waals surface area contributed by atoms with Crippen LogP contribution in [0, 0.1) is 20.8 Å². The first-order valence-corrected chi connectivity index (χ1v) is 10.7. The molecule has 0 aromatic heterocycles. The Labute approximate surface area is 179 Å². The van der Waals surface area contributed by atoms with Gasteiger partial charge in [0, 0.05) is 25.6 Å². The summed E-state index contributed by atoms with van der Waals surface area (Å²) in [4.78, 5) is 26.6. The molecule has 1 fully saturated rings. The Morgan fingerprint density at radius 3 is 2.33 bits per heavy atom. The Bertz CT molecular complexity index is 868. The molecule has 0 radical (unpaired) electrons. The highest BCUT2D eigenvalue weighted by molar-refractivity contribution is 5.78. The summed E-state index contributed by atoms with van der Waals surface area (Å²) in [7, 11) is 0. The topological polar surface area (TPSA) is 58.6 Å². The van der Waals surface area contributed by atoms with Crippen LogP contribution in [0.25, 0.3) is 0 Å². The van der Waals surface area contributed by atoms with Gasteiger partial charge in [0.1, 0.15) is 5.75 Å². The zero-order valence-corrected chi connectivity index (χ0v) is 18.2. The van der Waals surface area contributed by atoms with Gasteiger partial charge in [-0.3, -0.25) is 9.59 Å². The molecule has 3 rings (SSSR count). The molecule has 2 amide bonds. The molecule has 0 spiro atoms. The highest BCUT2D eigenvalue weighted by atomic mass is 16.5. The van der Waals surface area contributed by atoms with Gasteiger partial charge < -0.3 is 15.0 Å². The third kappa shape index (κ3) is 6.34. The van der Waals surface area contributed by atoms with Crippen molar-refractivity contribution in [1.82, 2.24) is 10.2 Å². The highest BCUT2D eigenvalue weighted by Gasteiger charge is 2.24. The molecule has 1 N–H and O–H groups in total. The van der Waals surface area contributed by atoms with Gasteiger partial charge in [0.25, 0.3) is 5.91 Å². The molecule has 1 saturated heterocycles. The molecule has 0 aliphatic carbocycles. The Kier molecular flexibility index (Phi) is 7.50. The monoisotopic (exact) mass is 408 g/mol. The van der Waals surface area contributed by atoms with E-state index in [0.717, 1.165) is 30.6 Å². The van der Waals surface area contributed by atoms with Crippen LogP contribution >= 0.6 is 0 Å². The molecule has 0 bridgehead atoms. The summed E-state index contributed by atoms with van der Waals surface area (Å²) >= 11 is 0. The number of ether oxygens (including phenoxy) is 1. The van der Waals surface area contributed by atoms with Crippen LogP contribution in [-0.4, -0.2) is 42.5 Å². The van der Waals surface area contributed by atoms with Crippen molar-refractivity contribution in [2.24, 2.45) is 0 Å². The number of nitrogens with one attached hydrogen (secondary N) is 1. The largest absolute Gasteiger partial charge is 0.484 e. The van der Waals surface area contributed by atoms with Crippen LogP contribution in [0.2, 0.25) is 0 Å². The van der Waals surface area contributed by atoms with Gasteiger partial charge in [-0.25, -0.2) is 0 Å². The lowest BCUT2D eigenvalue weighted by atomic mass is 10.0. The molecule has 1 heterocycles. The Hall–Kier alpha value is -2.82. The van der Waals surface area contributed by atoms with Crippen LogP contribution in [0.15, 0.2) is 42.5 Å². The van der Waals surface area contributed by atoms with Crippen molar-refractivity contribution in [1.29, 1.82) is 0 Å². The number of carbonyl (C=O) groups excluding carboxylic acids is 2. The maximum absolute atomic E-state index is 12.5. The summed E-state index contributed by atoms with van der Waals surface area (Å²) < 4.78 is 5.72. The third-order valence-corrected chi connectivity index (χ3v) is 5.66. The maximum atomic E-state index is 12.5. The number of piperidine rings is 1. The number of nitrogens with zero attached hydrogens (tertiary/aromatic N) is 1. The van der Waals surface area contributed by atoms with Crippen molar-refractivity contribution < 1.29 is 14.3 Å². The molecule has 5 nitrogen and oxygen atoms in total. The number of hydrogen-bond acceptors (Lipinski definition) is 3. The van der Waals surface area contributed by atoms with Gasteiger partial charge in [-0.05, 0) is 57.2 Å². The van der Waals surface area contributed by atoms with Crippen LogP contribution in [-0.2, 0) is 16.0 Å². The molecule has 160 valence electrons. The number of carbonyl (C=O) groups is 2. The minimum absolute atomic E-state index is 0.000812. The Balaban J connectivity index is 1.36. The second kappa shape index (κ2) is 10.3. The lowest BCUT2D eigenvalue weighted by Gasteiger charge is -2.32. The predicted molar refractivity (Wildman–Crippen MR) is 119 cm³/mol. The van der Waals surface area contributed by atoms with Gasteiger partial charge in [0.15, 0.2) is 6.61 Å². The molecule has 2 aromatic rings. The average molecular weight is 409 g/mol. The average Bonchev–Trinajstić information content (AvgIpc) is 2.73. The van der Waals surface area contributed by atoms with E-state index in [1.54, 1.807) is 0 Å². The first-order chi connectivity index (χ1) is 14.4. The second-order valence-corrected chi connectivity index (χ2v) is 8.27. The quantitative estimate of drug-likeness (QED) is 0.759. The number of rotatable bonds is 7. The first-order valence-electron chi connectivity index (χ1n) is 10.7. The molecule has 0 unspecified atom stereocenters. The number of amides is 2. The normalized spacial score (nSPS) is 14.4. The molecule has 0 atom stereocenters. The summed E-state index contributed by atoms with van der Waals surface area (Å²) in [6, 6.07) is 14.4. The summed E-state index contributed by atoms with van der Waals surface area (Å²) in [6.45, 7) is 7.43. The van der Waals surface area contributed by atoms with Gasteiger partial charge in [0.2, 0.25) is 5.91 Å². The van der Waals surface area contributed by atoms with Crippen LogP contribution in [0.1, 0.15) is 41.5 Å². The number of aryl methyl sites for hydroxylation is 4. The fraction of sp³-hybridized carbons (Fsp3) is 0.440. The zero-order chi connectivity index (χ0) is 21.5. The van der Waals surface area contributed by atoms with Crippen LogP contribution in [0.5, 0.6) is 5.75 Å². The van der Waals surface area contributed by atoms with Crippen molar-refractivity contribution in [3.8, 4) is 5.75 Å². The van der Waals surface area contributed by atoms with E-state index in [0.29, 0.717) is 19.5 Å². The molecular weight excluding hydrogens is 376 g/mol. The Morgan fingerprint density at radius 1 is 1.00 bits per heavy atom. The fourth-order valence-electron chi connectivity index (χ4n) is 3.78. The highest BCUT2D eigenvalue weighted by Crippen LogP contribution is 2.19. The third-order valence-electron chi connectivity index (χ3n) is 5.66. The molecule has 5 heteroatoms. The molecule has 0 saturated carbocycles. The number of hydrogen-bond donors (Lipinski definition) is 1. The van der Waals surface area contributed by atoms with Gasteiger partial charge in [-0.15, -0.1) is 0 Å². The van der Waals surface area contributed by atoms with Gasteiger partial charge in [-0.2, -0.15) is 0 Å². The zero-order valence-electron chi connectivity index (χ0n) is 18.2. The molecule has 30 heavy (non-hydrogen) atoms. The molecule has 1 aliphatic heterocycles. The van der Waals surface area contributed by atoms with Gasteiger partial charge >= 0.3 is 0 Å². The van der Waals surface area contributed by atoms with E-state index in [-0.39, 0.29) is 24.5 Å². The van der Waals surface area contributed by atoms with E-state index in [2.05, 4.69) is 36.5 Å². The van der Waals surface area contributed by atoms with Crippen molar-refractivity contribution in [3.63, 3.8) is 0 Å². The lowest BCUT2D eigenvalue weighted by molar-refractivity contribution is -0.134. The van der Waals surface area contributed by atoms with Gasteiger partial charge in [0.05, 0.1) is 0 Å². The Morgan fingerprint density at radius 2 is 1.67 bits per heavy atom. The predicted octanol–water partition coefficient (Wildman–Crippen LogP) is 3.73. The smallest absolute Gasteiger partial charge is 0.260 e. The molecule has 1 aliphatic rings. The van der Waals surface area contributed by atoms with E-state index in [1.807, 2.05) is 36.9 Å². The lowest BCUT2D eigenvalue weighted by Crippen LogP contribution is -2.47. The minimum atomic E-state index is -0.000812. The minimum Gasteiger partial charge on any atom is -0.484 e. The summed E-state index contributed by atoms with van der Waals surface area (Å²) in [5.41, 5.74) is 4.62. The van der Waals surface area contributed by atoms with E-state index >= 15 is 0 Å². The molecule has 2 aromatic carbocycles. The van der Waals surface area contributed by atoms with Crippen LogP contribution in [0.4, 0.5) is 0 Å². The summed E-state index contributed by atoms with van der Waals surface area (Å²) in [5.74, 6) is 0.835. The summed E-state index contributed by atoms with van der Waals surface area (Å²) in [6.07, 6.45) is 2.81. The fourth-order valence-corrected chi connectivity index (χ4v) is 3.78. The second-order valence-electron chi connectivity index (χ2n) is 8.27. The first kappa shape index (κ1) is 21.9. The van der Waals surface area contributed by atoms with E-state index in [1.165, 1.54) is 16.7 Å².